The molecule has 0 aliphatic carbocycles. The maximum absolute atomic E-state index is 3.46. The fourth-order valence-electron chi connectivity index (χ4n) is 2.18. The molecule has 2 nitrogen and oxygen atoms in total. The van der Waals surface area contributed by atoms with Crippen molar-refractivity contribution < 1.29 is 0 Å². The maximum Gasteiger partial charge on any atom is 0.139 e. The summed E-state index contributed by atoms with van der Waals surface area (Å²) >= 11 is 3.46. The van der Waals surface area contributed by atoms with Crippen molar-refractivity contribution in [3.05, 3.63) is 77.3 Å². The SMILES string of the molecule is Bc1ccc(Nc2ccccc2Nc2ccc(Br)cc2)cc1. The van der Waals surface area contributed by atoms with Crippen molar-refractivity contribution in [3.63, 3.8) is 0 Å². The summed E-state index contributed by atoms with van der Waals surface area (Å²) in [5.41, 5.74) is 5.49. The minimum atomic E-state index is 1.05. The molecule has 4 heteroatoms. The molecule has 0 atom stereocenters. The molecular formula is C18H16BBrN2. The van der Waals surface area contributed by atoms with Gasteiger partial charge in [0.15, 0.2) is 0 Å². The van der Waals surface area contributed by atoms with Crippen LogP contribution in [0.5, 0.6) is 0 Å². The number of hydrogen-bond donors (Lipinski definition) is 2. The fourth-order valence-corrected chi connectivity index (χ4v) is 2.45. The molecule has 0 bridgehead atoms. The average Bonchev–Trinajstić information content (AvgIpc) is 2.54. The molecule has 0 heterocycles. The highest BCUT2D eigenvalue weighted by atomic mass is 79.9. The molecule has 0 saturated carbocycles. The molecule has 0 aromatic heterocycles. The van der Waals surface area contributed by atoms with Gasteiger partial charge in [-0.2, -0.15) is 0 Å². The van der Waals surface area contributed by atoms with Gasteiger partial charge in [0.05, 0.1) is 11.4 Å². The molecular weight excluding hydrogens is 335 g/mol. The summed E-state index contributed by atoms with van der Waals surface area (Å²) in [7, 11) is 2.09. The number of anilines is 4. The lowest BCUT2D eigenvalue weighted by atomic mass is 9.96. The van der Waals surface area contributed by atoms with Crippen molar-refractivity contribution >= 4 is 52.0 Å². The van der Waals surface area contributed by atoms with E-state index in [0.29, 0.717) is 0 Å². The van der Waals surface area contributed by atoms with Gasteiger partial charge in [0, 0.05) is 15.8 Å². The fraction of sp³-hybridized carbons (Fsp3) is 0. The summed E-state index contributed by atoms with van der Waals surface area (Å²) in [6.45, 7) is 0. The molecule has 0 unspecified atom stereocenters. The lowest BCUT2D eigenvalue weighted by Gasteiger charge is -2.14. The summed E-state index contributed by atoms with van der Waals surface area (Å²) in [5, 5.41) is 6.91. The third kappa shape index (κ3) is 3.71. The average molecular weight is 351 g/mol. The number of para-hydroxylation sites is 2. The molecule has 3 aromatic rings. The summed E-state index contributed by atoms with van der Waals surface area (Å²) in [6.07, 6.45) is 0. The summed E-state index contributed by atoms with van der Waals surface area (Å²) in [5.74, 6) is 0. The molecule has 0 radical (unpaired) electrons. The highest BCUT2D eigenvalue weighted by Crippen LogP contribution is 2.28. The van der Waals surface area contributed by atoms with Gasteiger partial charge in [-0.05, 0) is 48.5 Å². The van der Waals surface area contributed by atoms with Crippen LogP contribution in [0.2, 0.25) is 0 Å². The Bertz CT molecular complexity index is 688. The molecule has 0 aliphatic rings. The molecule has 108 valence electrons. The zero-order valence-electron chi connectivity index (χ0n) is 12.3. The topological polar surface area (TPSA) is 24.1 Å². The monoisotopic (exact) mass is 350 g/mol. The second-order valence-corrected chi connectivity index (χ2v) is 6.08. The quantitative estimate of drug-likeness (QED) is 0.689. The van der Waals surface area contributed by atoms with Crippen LogP contribution in [0, 0.1) is 0 Å². The van der Waals surface area contributed by atoms with Gasteiger partial charge in [-0.1, -0.05) is 45.7 Å². The minimum Gasteiger partial charge on any atom is -0.354 e. The minimum absolute atomic E-state index is 1.05. The van der Waals surface area contributed by atoms with E-state index in [-0.39, 0.29) is 0 Å². The largest absolute Gasteiger partial charge is 0.354 e. The predicted octanol–water partition coefficient (Wildman–Crippen LogP) is 4.19. The van der Waals surface area contributed by atoms with Gasteiger partial charge in [0.2, 0.25) is 0 Å². The van der Waals surface area contributed by atoms with E-state index in [1.54, 1.807) is 0 Å². The zero-order chi connectivity index (χ0) is 15.4. The Balaban J connectivity index is 1.83. The molecule has 0 aliphatic heterocycles. The van der Waals surface area contributed by atoms with Crippen molar-refractivity contribution in [2.24, 2.45) is 0 Å². The molecule has 22 heavy (non-hydrogen) atoms. The highest BCUT2D eigenvalue weighted by molar-refractivity contribution is 9.10. The van der Waals surface area contributed by atoms with Gasteiger partial charge >= 0.3 is 0 Å². The first-order valence-electron chi connectivity index (χ1n) is 7.16. The lowest BCUT2D eigenvalue weighted by molar-refractivity contribution is 1.50. The van der Waals surface area contributed by atoms with Gasteiger partial charge in [-0.3, -0.25) is 0 Å². The van der Waals surface area contributed by atoms with E-state index in [1.807, 2.05) is 36.4 Å². The van der Waals surface area contributed by atoms with E-state index >= 15 is 0 Å². The molecule has 0 fully saturated rings. The van der Waals surface area contributed by atoms with Crippen molar-refractivity contribution in [2.75, 3.05) is 10.6 Å². The number of rotatable bonds is 4. The first-order valence-corrected chi connectivity index (χ1v) is 7.95. The molecule has 2 N–H and O–H groups in total. The second kappa shape index (κ2) is 6.71. The Morgan fingerprint density at radius 3 is 1.59 bits per heavy atom. The number of hydrogen-bond acceptors (Lipinski definition) is 2. The smallest absolute Gasteiger partial charge is 0.139 e. The van der Waals surface area contributed by atoms with Crippen LogP contribution in [0.25, 0.3) is 0 Å². The van der Waals surface area contributed by atoms with Crippen molar-refractivity contribution in [2.45, 2.75) is 0 Å². The first-order chi connectivity index (χ1) is 10.7. The van der Waals surface area contributed by atoms with Gasteiger partial charge < -0.3 is 10.6 Å². The van der Waals surface area contributed by atoms with E-state index in [1.165, 1.54) is 5.46 Å². The van der Waals surface area contributed by atoms with E-state index in [2.05, 4.69) is 70.8 Å². The summed E-state index contributed by atoms with van der Waals surface area (Å²) in [4.78, 5) is 0. The van der Waals surface area contributed by atoms with Crippen molar-refractivity contribution in [3.8, 4) is 0 Å². The third-order valence-corrected chi connectivity index (χ3v) is 3.91. The van der Waals surface area contributed by atoms with Gasteiger partial charge in [0.1, 0.15) is 7.85 Å². The van der Waals surface area contributed by atoms with E-state index in [9.17, 15) is 0 Å². The number of benzene rings is 3. The Hall–Kier alpha value is -2.20. The number of halogens is 1. The second-order valence-electron chi connectivity index (χ2n) is 5.17. The van der Waals surface area contributed by atoms with Crippen molar-refractivity contribution in [1.29, 1.82) is 0 Å². The normalized spacial score (nSPS) is 10.2. The van der Waals surface area contributed by atoms with Crippen molar-refractivity contribution in [1.82, 2.24) is 0 Å². The Morgan fingerprint density at radius 1 is 0.636 bits per heavy atom. The molecule has 3 rings (SSSR count). The highest BCUT2D eigenvalue weighted by Gasteiger charge is 2.03. The predicted molar refractivity (Wildman–Crippen MR) is 102 cm³/mol. The van der Waals surface area contributed by atoms with Crippen LogP contribution in [0.4, 0.5) is 22.7 Å². The Morgan fingerprint density at radius 2 is 1.09 bits per heavy atom. The summed E-state index contributed by atoms with van der Waals surface area (Å²) < 4.78 is 1.07. The number of nitrogens with one attached hydrogen (secondary N) is 2. The Kier molecular flexibility index (Phi) is 4.49. The molecule has 0 spiro atoms. The van der Waals surface area contributed by atoms with Gasteiger partial charge in [0.25, 0.3) is 0 Å². The molecule has 0 amide bonds. The lowest BCUT2D eigenvalue weighted by Crippen LogP contribution is -2.02. The van der Waals surface area contributed by atoms with Crippen LogP contribution in [0.15, 0.2) is 77.3 Å². The van der Waals surface area contributed by atoms with Crippen LogP contribution in [0.1, 0.15) is 0 Å². The molecule has 0 saturated heterocycles. The van der Waals surface area contributed by atoms with Crippen LogP contribution in [-0.4, -0.2) is 7.85 Å². The zero-order valence-corrected chi connectivity index (χ0v) is 13.9. The standard InChI is InChI=1S/C18H16BBrN2/c19-13-5-9-15(10-6-13)21-17-3-1-2-4-18(17)22-16-11-7-14(20)8-12-16/h1-12,21-22H,19H2. The van der Waals surface area contributed by atoms with Gasteiger partial charge in [-0.25, -0.2) is 0 Å². The van der Waals surface area contributed by atoms with Gasteiger partial charge in [-0.15, -0.1) is 0 Å². The van der Waals surface area contributed by atoms with Crippen LogP contribution < -0.4 is 16.1 Å². The van der Waals surface area contributed by atoms with Crippen LogP contribution >= 0.6 is 15.9 Å². The van der Waals surface area contributed by atoms with E-state index < -0.39 is 0 Å². The molecule has 3 aromatic carbocycles. The van der Waals surface area contributed by atoms with E-state index in [4.69, 9.17) is 0 Å². The summed E-state index contributed by atoms with van der Waals surface area (Å²) in [6, 6.07) is 24.7. The maximum atomic E-state index is 3.46. The van der Waals surface area contributed by atoms with E-state index in [0.717, 1.165) is 27.2 Å². The first kappa shape index (κ1) is 14.7. The van der Waals surface area contributed by atoms with Crippen LogP contribution in [-0.2, 0) is 0 Å². The third-order valence-electron chi connectivity index (χ3n) is 3.38. The Labute approximate surface area is 140 Å². The van der Waals surface area contributed by atoms with Crippen LogP contribution in [0.3, 0.4) is 0 Å².